The minimum atomic E-state index is -4.58. The molecule has 2 heterocycles. The van der Waals surface area contributed by atoms with Gasteiger partial charge in [0, 0.05) is 23.4 Å². The lowest BCUT2D eigenvalue weighted by molar-refractivity contribution is -0.140. The van der Waals surface area contributed by atoms with Gasteiger partial charge in [0.1, 0.15) is 5.60 Å². The Kier molecular flexibility index (Phi) is 4.53. The summed E-state index contributed by atoms with van der Waals surface area (Å²) in [5.41, 5.74) is -1.47. The fourth-order valence-electron chi connectivity index (χ4n) is 3.11. The van der Waals surface area contributed by atoms with Gasteiger partial charge in [-0.25, -0.2) is 0 Å². The second-order valence-corrected chi connectivity index (χ2v) is 6.51. The second-order valence-electron chi connectivity index (χ2n) is 6.51. The first-order chi connectivity index (χ1) is 12.1. The third kappa shape index (κ3) is 3.32. The predicted molar refractivity (Wildman–Crippen MR) is 86.3 cm³/mol. The number of aromatic nitrogens is 2. The van der Waals surface area contributed by atoms with E-state index in [1.165, 1.54) is 36.1 Å². The zero-order chi connectivity index (χ0) is 19.1. The number of carbonyl (C=O) groups is 1. The number of likely N-dealkylation sites (tertiary alicyclic amines) is 1. The van der Waals surface area contributed by atoms with E-state index in [9.17, 15) is 23.1 Å². The number of hydrogen-bond donors (Lipinski definition) is 3. The van der Waals surface area contributed by atoms with Crippen LogP contribution in [0.15, 0.2) is 24.3 Å². The normalized spacial score (nSPS) is 20.6. The third-order valence-electron chi connectivity index (χ3n) is 4.55. The molecule has 0 aliphatic carbocycles. The number of β-amino-alcohol motifs (C(OH)–C–C–N with tert-alkyl or cyclic N) is 1. The zero-order valence-electron chi connectivity index (χ0n) is 14.0. The molecule has 3 N–H and O–H groups in total. The van der Waals surface area contributed by atoms with Gasteiger partial charge in [-0.3, -0.25) is 9.89 Å². The van der Waals surface area contributed by atoms with E-state index in [-0.39, 0.29) is 30.1 Å². The Morgan fingerprint density at radius 1 is 1.35 bits per heavy atom. The van der Waals surface area contributed by atoms with Crippen molar-refractivity contribution in [3.05, 3.63) is 41.2 Å². The number of halogens is 3. The highest BCUT2D eigenvalue weighted by molar-refractivity contribution is 5.95. The monoisotopic (exact) mass is 369 g/mol. The van der Waals surface area contributed by atoms with Crippen LogP contribution in [-0.4, -0.2) is 56.5 Å². The maximum Gasteiger partial charge on any atom is 0.435 e. The van der Waals surface area contributed by atoms with Gasteiger partial charge in [-0.05, 0) is 31.0 Å². The van der Waals surface area contributed by atoms with Crippen LogP contribution in [0.2, 0.25) is 0 Å². The van der Waals surface area contributed by atoms with Crippen LogP contribution >= 0.6 is 0 Å². The van der Waals surface area contributed by atoms with Crippen molar-refractivity contribution in [2.24, 2.45) is 0 Å². The highest BCUT2D eigenvalue weighted by atomic mass is 19.4. The number of nitrogens with zero attached hydrogens (tertiary/aromatic N) is 2. The van der Waals surface area contributed by atoms with Gasteiger partial charge in [0.2, 0.25) is 0 Å². The Morgan fingerprint density at radius 2 is 2.00 bits per heavy atom. The molecule has 0 radical (unpaired) electrons. The summed E-state index contributed by atoms with van der Waals surface area (Å²) >= 11 is 0. The molecular formula is C17H18F3N3O3. The van der Waals surface area contributed by atoms with E-state index in [1.54, 1.807) is 0 Å². The topological polar surface area (TPSA) is 89.5 Å². The quantitative estimate of drug-likeness (QED) is 0.772. The Morgan fingerprint density at radius 3 is 2.54 bits per heavy atom. The van der Waals surface area contributed by atoms with Gasteiger partial charge in [-0.2, -0.15) is 18.3 Å². The number of hydrogen-bond acceptors (Lipinski definition) is 4. The first-order valence-corrected chi connectivity index (χ1v) is 8.00. The number of amides is 1. The maximum absolute atomic E-state index is 13.1. The summed E-state index contributed by atoms with van der Waals surface area (Å²) < 4.78 is 39.2. The van der Waals surface area contributed by atoms with Crippen LogP contribution in [0.4, 0.5) is 13.2 Å². The van der Waals surface area contributed by atoms with Gasteiger partial charge in [-0.1, -0.05) is 12.1 Å². The molecular weight excluding hydrogens is 351 g/mol. The first kappa shape index (κ1) is 18.4. The van der Waals surface area contributed by atoms with Crippen LogP contribution in [0.3, 0.4) is 0 Å². The maximum atomic E-state index is 13.1. The SMILES string of the molecule is Cc1[nH]nc(C(F)(F)F)c1-c1ccc(C(=O)N2CC[C@](O)(CO)C2)cc1. The highest BCUT2D eigenvalue weighted by Gasteiger charge is 2.39. The summed E-state index contributed by atoms with van der Waals surface area (Å²) in [6.07, 6.45) is -4.31. The molecule has 0 spiro atoms. The zero-order valence-corrected chi connectivity index (χ0v) is 14.0. The van der Waals surface area contributed by atoms with Gasteiger partial charge in [-0.15, -0.1) is 0 Å². The van der Waals surface area contributed by atoms with Crippen molar-refractivity contribution >= 4 is 5.91 Å². The summed E-state index contributed by atoms with van der Waals surface area (Å²) in [6.45, 7) is 1.38. The number of aliphatic hydroxyl groups is 2. The van der Waals surface area contributed by atoms with E-state index in [0.29, 0.717) is 17.7 Å². The Labute approximate surface area is 147 Å². The fourth-order valence-corrected chi connectivity index (χ4v) is 3.11. The Hall–Kier alpha value is -2.39. The number of aromatic amines is 1. The molecule has 1 atom stereocenters. The molecule has 1 amide bonds. The van der Waals surface area contributed by atoms with E-state index in [4.69, 9.17) is 5.11 Å². The highest BCUT2D eigenvalue weighted by Crippen LogP contribution is 2.37. The van der Waals surface area contributed by atoms with Gasteiger partial charge in [0.25, 0.3) is 5.91 Å². The molecule has 26 heavy (non-hydrogen) atoms. The minimum Gasteiger partial charge on any atom is -0.393 e. The van der Waals surface area contributed by atoms with Crippen molar-refractivity contribution < 1.29 is 28.2 Å². The molecule has 1 aliphatic rings. The number of benzene rings is 1. The molecule has 1 fully saturated rings. The van der Waals surface area contributed by atoms with E-state index < -0.39 is 24.1 Å². The standard InChI is InChI=1S/C17H18F3N3O3/c1-10-13(14(22-21-10)17(18,19)20)11-2-4-12(5-3-11)15(25)23-7-6-16(26,8-23)9-24/h2-5,24,26H,6-9H2,1H3,(H,21,22)/t16-/m1/s1. The number of aryl methyl sites for hydroxylation is 1. The molecule has 140 valence electrons. The van der Waals surface area contributed by atoms with Crippen LogP contribution in [-0.2, 0) is 6.18 Å². The summed E-state index contributed by atoms with van der Waals surface area (Å²) in [4.78, 5) is 13.9. The largest absolute Gasteiger partial charge is 0.435 e. The number of alkyl halides is 3. The van der Waals surface area contributed by atoms with Crippen molar-refractivity contribution in [2.45, 2.75) is 25.1 Å². The van der Waals surface area contributed by atoms with Crippen LogP contribution in [0.5, 0.6) is 0 Å². The van der Waals surface area contributed by atoms with E-state index in [1.807, 2.05) is 0 Å². The Bertz CT molecular complexity index is 817. The molecule has 1 aromatic carbocycles. The van der Waals surface area contributed by atoms with E-state index >= 15 is 0 Å². The molecule has 2 aromatic rings. The lowest BCUT2D eigenvalue weighted by Gasteiger charge is -2.21. The molecule has 1 aromatic heterocycles. The van der Waals surface area contributed by atoms with Crippen LogP contribution in [0, 0.1) is 6.92 Å². The summed E-state index contributed by atoms with van der Waals surface area (Å²) in [5.74, 6) is -0.346. The van der Waals surface area contributed by atoms with Crippen molar-refractivity contribution in [1.82, 2.24) is 15.1 Å². The number of rotatable bonds is 3. The third-order valence-corrected chi connectivity index (χ3v) is 4.55. The molecule has 3 rings (SSSR count). The lowest BCUT2D eigenvalue weighted by Crippen LogP contribution is -2.38. The number of aliphatic hydroxyl groups excluding tert-OH is 1. The number of carbonyl (C=O) groups excluding carboxylic acids is 1. The molecule has 9 heteroatoms. The van der Waals surface area contributed by atoms with Crippen LogP contribution < -0.4 is 0 Å². The van der Waals surface area contributed by atoms with Crippen LogP contribution in [0.25, 0.3) is 11.1 Å². The van der Waals surface area contributed by atoms with Crippen molar-refractivity contribution in [2.75, 3.05) is 19.7 Å². The summed E-state index contributed by atoms with van der Waals surface area (Å²) in [7, 11) is 0. The Balaban J connectivity index is 1.84. The van der Waals surface area contributed by atoms with Gasteiger partial charge in [0.05, 0.1) is 13.2 Å². The van der Waals surface area contributed by atoms with E-state index in [0.717, 1.165) is 0 Å². The summed E-state index contributed by atoms with van der Waals surface area (Å²) in [6, 6.07) is 5.77. The van der Waals surface area contributed by atoms with Gasteiger partial charge >= 0.3 is 6.18 Å². The first-order valence-electron chi connectivity index (χ1n) is 8.00. The smallest absolute Gasteiger partial charge is 0.393 e. The minimum absolute atomic E-state index is 0.0170. The molecule has 1 saturated heterocycles. The molecule has 0 unspecified atom stereocenters. The van der Waals surface area contributed by atoms with Gasteiger partial charge < -0.3 is 15.1 Å². The van der Waals surface area contributed by atoms with Crippen molar-refractivity contribution in [3.63, 3.8) is 0 Å². The molecule has 6 nitrogen and oxygen atoms in total. The molecule has 0 bridgehead atoms. The predicted octanol–water partition coefficient (Wildman–Crippen LogP) is 1.97. The van der Waals surface area contributed by atoms with E-state index in [2.05, 4.69) is 10.2 Å². The lowest BCUT2D eigenvalue weighted by atomic mass is 10.0. The second kappa shape index (κ2) is 6.40. The van der Waals surface area contributed by atoms with Crippen LogP contribution in [0.1, 0.15) is 28.2 Å². The fraction of sp³-hybridized carbons (Fsp3) is 0.412. The summed E-state index contributed by atoms with van der Waals surface area (Å²) in [5, 5.41) is 24.9. The molecule has 1 aliphatic heterocycles. The van der Waals surface area contributed by atoms with Crippen molar-refractivity contribution in [3.8, 4) is 11.1 Å². The average molecular weight is 369 g/mol. The molecule has 0 saturated carbocycles. The number of nitrogens with one attached hydrogen (secondary N) is 1. The number of H-pyrrole nitrogens is 1. The van der Waals surface area contributed by atoms with Crippen molar-refractivity contribution in [1.29, 1.82) is 0 Å². The average Bonchev–Trinajstić information content (AvgIpc) is 3.18. The van der Waals surface area contributed by atoms with Gasteiger partial charge in [0.15, 0.2) is 5.69 Å².